The van der Waals surface area contributed by atoms with Crippen LogP contribution in [0.2, 0.25) is 0 Å². The number of hydrogen-bond acceptors (Lipinski definition) is 5. The molecule has 146 valence electrons. The molecule has 1 aromatic carbocycles. The maximum Gasteiger partial charge on any atom is 0.243 e. The van der Waals surface area contributed by atoms with Gasteiger partial charge >= 0.3 is 0 Å². The number of halogens is 1. The Bertz CT molecular complexity index is 976. The largest absolute Gasteiger partial charge is 0.349 e. The van der Waals surface area contributed by atoms with Gasteiger partial charge in [0.1, 0.15) is 5.82 Å². The fourth-order valence-electron chi connectivity index (χ4n) is 2.96. The van der Waals surface area contributed by atoms with Gasteiger partial charge in [0.15, 0.2) is 10.6 Å². The van der Waals surface area contributed by atoms with Crippen LogP contribution in [0.1, 0.15) is 18.7 Å². The maximum absolute atomic E-state index is 13.0. The molecule has 1 amide bonds. The maximum atomic E-state index is 13.0. The molecule has 0 radical (unpaired) electrons. The molecule has 2 heterocycles. The van der Waals surface area contributed by atoms with Crippen LogP contribution in [-0.4, -0.2) is 46.5 Å². The Morgan fingerprint density at radius 2 is 1.96 bits per heavy atom. The molecular weight excluding hydrogens is 393 g/mol. The summed E-state index contributed by atoms with van der Waals surface area (Å²) < 4.78 is 41.7. The molecule has 11 heteroatoms. The molecular formula is C16H20FN5O3S2. The van der Waals surface area contributed by atoms with Crippen molar-refractivity contribution in [3.63, 3.8) is 0 Å². The van der Waals surface area contributed by atoms with Crippen LogP contribution in [0, 0.1) is 16.5 Å². The van der Waals surface area contributed by atoms with Crippen LogP contribution >= 0.6 is 12.2 Å². The third-order valence-electron chi connectivity index (χ3n) is 4.67. The lowest BCUT2D eigenvalue weighted by Gasteiger charge is -2.30. The van der Waals surface area contributed by atoms with E-state index in [-0.39, 0.29) is 36.4 Å². The van der Waals surface area contributed by atoms with E-state index in [9.17, 15) is 17.6 Å². The van der Waals surface area contributed by atoms with Gasteiger partial charge in [-0.2, -0.15) is 9.40 Å². The van der Waals surface area contributed by atoms with Gasteiger partial charge in [-0.1, -0.05) is 0 Å². The second-order valence-electron chi connectivity index (χ2n) is 6.35. The van der Waals surface area contributed by atoms with Crippen molar-refractivity contribution in [2.45, 2.75) is 24.3 Å². The Labute approximate surface area is 161 Å². The lowest BCUT2D eigenvalue weighted by molar-refractivity contribution is -0.126. The molecule has 1 fully saturated rings. The standard InChI is InChI=1S/C16H20FN5O3S2/c1-21-14(19-20-16(21)26)10-18-15(23)11-6-8-22(9-7-11)27(24,25)13-4-2-12(17)3-5-13/h2-5,11H,6-10H2,1H3,(H,18,23)(H,20,26). The molecule has 1 aliphatic rings. The summed E-state index contributed by atoms with van der Waals surface area (Å²) >= 11 is 5.02. The molecule has 2 N–H and O–H groups in total. The predicted molar refractivity (Wildman–Crippen MR) is 98.1 cm³/mol. The van der Waals surface area contributed by atoms with Gasteiger partial charge in [-0.05, 0) is 49.3 Å². The van der Waals surface area contributed by atoms with E-state index in [1.807, 2.05) is 0 Å². The van der Waals surface area contributed by atoms with Gasteiger partial charge in [0.2, 0.25) is 15.9 Å². The van der Waals surface area contributed by atoms with E-state index in [0.29, 0.717) is 23.4 Å². The SMILES string of the molecule is Cn1c(CNC(=O)C2CCN(S(=O)(=O)c3ccc(F)cc3)CC2)n[nH]c1=S. The van der Waals surface area contributed by atoms with E-state index < -0.39 is 15.8 Å². The lowest BCUT2D eigenvalue weighted by Crippen LogP contribution is -2.43. The number of benzene rings is 1. The fourth-order valence-corrected chi connectivity index (χ4v) is 4.58. The summed E-state index contributed by atoms with van der Waals surface area (Å²) in [6.45, 7) is 0.727. The van der Waals surface area contributed by atoms with Crippen LogP contribution in [-0.2, 0) is 28.4 Å². The summed E-state index contributed by atoms with van der Waals surface area (Å²) in [5.74, 6) is -0.276. The molecule has 1 saturated heterocycles. The van der Waals surface area contributed by atoms with Crippen LogP contribution in [0.4, 0.5) is 4.39 Å². The van der Waals surface area contributed by atoms with E-state index in [1.165, 1.54) is 16.4 Å². The van der Waals surface area contributed by atoms with E-state index >= 15 is 0 Å². The lowest BCUT2D eigenvalue weighted by atomic mass is 9.97. The first-order valence-corrected chi connectivity index (χ1v) is 10.3. The zero-order valence-corrected chi connectivity index (χ0v) is 16.3. The number of hydrogen-bond donors (Lipinski definition) is 2. The van der Waals surface area contributed by atoms with E-state index in [4.69, 9.17) is 12.2 Å². The number of piperidine rings is 1. The number of carbonyl (C=O) groups is 1. The van der Waals surface area contributed by atoms with Crippen LogP contribution in [0.3, 0.4) is 0 Å². The van der Waals surface area contributed by atoms with Crippen LogP contribution in [0.15, 0.2) is 29.2 Å². The molecule has 3 rings (SSSR count). The number of rotatable bonds is 5. The number of carbonyl (C=O) groups excluding carboxylic acids is 1. The minimum atomic E-state index is -3.68. The molecule has 2 aromatic rings. The third-order valence-corrected chi connectivity index (χ3v) is 6.95. The number of nitrogens with one attached hydrogen (secondary N) is 2. The summed E-state index contributed by atoms with van der Waals surface area (Å²) in [6, 6.07) is 4.74. The van der Waals surface area contributed by atoms with Gasteiger partial charge in [-0.25, -0.2) is 12.8 Å². The van der Waals surface area contributed by atoms with Crippen LogP contribution in [0.5, 0.6) is 0 Å². The summed E-state index contributed by atoms with van der Waals surface area (Å²) in [6.07, 6.45) is 0.844. The third kappa shape index (κ3) is 4.25. The van der Waals surface area contributed by atoms with Crippen molar-refractivity contribution in [2.24, 2.45) is 13.0 Å². The Morgan fingerprint density at radius 1 is 1.33 bits per heavy atom. The Hall–Kier alpha value is -2.11. The Kier molecular flexibility index (Phi) is 5.72. The topological polar surface area (TPSA) is 100 Å². The van der Waals surface area contributed by atoms with Crippen molar-refractivity contribution >= 4 is 28.1 Å². The number of aromatic nitrogens is 3. The minimum Gasteiger partial charge on any atom is -0.349 e. The monoisotopic (exact) mass is 413 g/mol. The molecule has 27 heavy (non-hydrogen) atoms. The highest BCUT2D eigenvalue weighted by Crippen LogP contribution is 2.24. The molecule has 1 aromatic heterocycles. The second-order valence-corrected chi connectivity index (χ2v) is 8.68. The minimum absolute atomic E-state index is 0.0533. The molecule has 0 saturated carbocycles. The Balaban J connectivity index is 1.56. The summed E-state index contributed by atoms with van der Waals surface area (Å²) in [7, 11) is -1.92. The summed E-state index contributed by atoms with van der Waals surface area (Å²) in [4.78, 5) is 12.4. The van der Waals surface area contributed by atoms with E-state index in [1.54, 1.807) is 11.6 Å². The molecule has 0 unspecified atom stereocenters. The molecule has 0 atom stereocenters. The van der Waals surface area contributed by atoms with E-state index in [0.717, 1.165) is 12.1 Å². The van der Waals surface area contributed by atoms with Gasteiger partial charge in [0.25, 0.3) is 0 Å². The highest BCUT2D eigenvalue weighted by Gasteiger charge is 2.32. The van der Waals surface area contributed by atoms with Crippen molar-refractivity contribution < 1.29 is 17.6 Å². The van der Waals surface area contributed by atoms with E-state index in [2.05, 4.69) is 15.5 Å². The first-order valence-electron chi connectivity index (χ1n) is 8.43. The van der Waals surface area contributed by atoms with Crippen LogP contribution < -0.4 is 5.32 Å². The van der Waals surface area contributed by atoms with Crippen LogP contribution in [0.25, 0.3) is 0 Å². The number of sulfonamides is 1. The average molecular weight is 414 g/mol. The van der Waals surface area contributed by atoms with Gasteiger partial charge in [-0.15, -0.1) is 0 Å². The fraction of sp³-hybridized carbons (Fsp3) is 0.438. The number of amides is 1. The quantitative estimate of drug-likeness (QED) is 0.721. The molecule has 0 aliphatic carbocycles. The zero-order valence-electron chi connectivity index (χ0n) is 14.7. The predicted octanol–water partition coefficient (Wildman–Crippen LogP) is 1.33. The number of aromatic amines is 1. The van der Waals surface area contributed by atoms with Crippen molar-refractivity contribution in [2.75, 3.05) is 13.1 Å². The average Bonchev–Trinajstić information content (AvgIpc) is 2.98. The van der Waals surface area contributed by atoms with Crippen molar-refractivity contribution in [3.05, 3.63) is 40.7 Å². The van der Waals surface area contributed by atoms with Gasteiger partial charge in [0.05, 0.1) is 11.4 Å². The number of nitrogens with zero attached hydrogens (tertiary/aromatic N) is 3. The highest BCUT2D eigenvalue weighted by molar-refractivity contribution is 7.89. The van der Waals surface area contributed by atoms with Gasteiger partial charge in [-0.3, -0.25) is 9.89 Å². The molecule has 0 spiro atoms. The zero-order chi connectivity index (χ0) is 19.6. The van der Waals surface area contributed by atoms with Crippen molar-refractivity contribution in [3.8, 4) is 0 Å². The smallest absolute Gasteiger partial charge is 0.243 e. The normalized spacial score (nSPS) is 16.4. The first-order chi connectivity index (χ1) is 12.8. The molecule has 8 nitrogen and oxygen atoms in total. The second kappa shape index (κ2) is 7.87. The van der Waals surface area contributed by atoms with Crippen molar-refractivity contribution in [1.82, 2.24) is 24.4 Å². The molecule has 1 aliphatic heterocycles. The van der Waals surface area contributed by atoms with Gasteiger partial charge in [0, 0.05) is 26.1 Å². The first kappa shape index (κ1) is 19.6. The summed E-state index contributed by atoms with van der Waals surface area (Å²) in [5.41, 5.74) is 0. The summed E-state index contributed by atoms with van der Waals surface area (Å²) in [5, 5.41) is 9.50. The molecule has 0 bridgehead atoms. The highest BCUT2D eigenvalue weighted by atomic mass is 32.2. The Morgan fingerprint density at radius 3 is 2.52 bits per heavy atom. The van der Waals surface area contributed by atoms with Gasteiger partial charge < -0.3 is 9.88 Å². The van der Waals surface area contributed by atoms with Crippen molar-refractivity contribution in [1.29, 1.82) is 0 Å². The number of H-pyrrole nitrogens is 1.